The number of rotatable bonds is 10. The Kier molecular flexibility index (Phi) is 8.70. The molecule has 1 heterocycles. The number of hydrogen-bond donors (Lipinski definition) is 2. The predicted octanol–water partition coefficient (Wildman–Crippen LogP) is 4.87. The van der Waals surface area contributed by atoms with Gasteiger partial charge in [-0.05, 0) is 62.1 Å². The number of nitro groups is 1. The molecule has 0 unspecified atom stereocenters. The van der Waals surface area contributed by atoms with E-state index >= 15 is 0 Å². The van der Waals surface area contributed by atoms with Gasteiger partial charge in [-0.2, -0.15) is 0 Å². The molecule has 38 heavy (non-hydrogen) atoms. The number of amides is 2. The standard InChI is InChI=1S/C29H32N4O5/c1-3-38-16-6-14-30-29(35)25-18-24(31-28(34)22-10-9-20(2)27(17-22)33(36)37)11-12-26(25)32-15-13-21-7-4-5-8-23(21)19-32/h4-5,7-12,17-18H,3,6,13-16,19H2,1-2H3,(H,30,35)(H,31,34). The van der Waals surface area contributed by atoms with Crippen molar-refractivity contribution in [2.45, 2.75) is 33.2 Å². The number of carbonyl (C=O) groups excluding carboxylic acids is 2. The van der Waals surface area contributed by atoms with Crippen molar-refractivity contribution in [3.63, 3.8) is 0 Å². The number of benzene rings is 3. The first-order chi connectivity index (χ1) is 18.4. The van der Waals surface area contributed by atoms with Gasteiger partial charge in [0.25, 0.3) is 17.5 Å². The zero-order valence-corrected chi connectivity index (χ0v) is 21.7. The van der Waals surface area contributed by atoms with Gasteiger partial charge in [0.05, 0.1) is 10.5 Å². The van der Waals surface area contributed by atoms with E-state index in [1.54, 1.807) is 31.2 Å². The fourth-order valence-electron chi connectivity index (χ4n) is 4.54. The van der Waals surface area contributed by atoms with E-state index in [2.05, 4.69) is 27.7 Å². The molecule has 3 aromatic carbocycles. The number of nitrogens with one attached hydrogen (secondary N) is 2. The molecule has 0 aliphatic carbocycles. The molecule has 0 radical (unpaired) electrons. The number of nitrogens with zero attached hydrogens (tertiary/aromatic N) is 2. The van der Waals surface area contributed by atoms with E-state index in [1.165, 1.54) is 17.2 Å². The second-order valence-corrected chi connectivity index (χ2v) is 9.19. The van der Waals surface area contributed by atoms with Gasteiger partial charge in [0.1, 0.15) is 0 Å². The second-order valence-electron chi connectivity index (χ2n) is 9.19. The van der Waals surface area contributed by atoms with Crippen LogP contribution in [0.3, 0.4) is 0 Å². The summed E-state index contributed by atoms with van der Waals surface area (Å²) in [7, 11) is 0. The molecule has 0 aromatic heterocycles. The van der Waals surface area contributed by atoms with Crippen LogP contribution in [0.4, 0.5) is 17.1 Å². The van der Waals surface area contributed by atoms with E-state index in [0.717, 1.165) is 18.7 Å². The summed E-state index contributed by atoms with van der Waals surface area (Å²) >= 11 is 0. The van der Waals surface area contributed by atoms with E-state index in [1.807, 2.05) is 25.1 Å². The number of hydrogen-bond acceptors (Lipinski definition) is 6. The van der Waals surface area contributed by atoms with Crippen molar-refractivity contribution < 1.29 is 19.2 Å². The lowest BCUT2D eigenvalue weighted by atomic mass is 9.98. The summed E-state index contributed by atoms with van der Waals surface area (Å²) in [4.78, 5) is 39.2. The maximum Gasteiger partial charge on any atom is 0.273 e. The van der Waals surface area contributed by atoms with Gasteiger partial charge in [0.2, 0.25) is 0 Å². The van der Waals surface area contributed by atoms with Gasteiger partial charge in [0.15, 0.2) is 0 Å². The Morgan fingerprint density at radius 2 is 1.84 bits per heavy atom. The Morgan fingerprint density at radius 3 is 2.61 bits per heavy atom. The van der Waals surface area contributed by atoms with Gasteiger partial charge >= 0.3 is 0 Å². The van der Waals surface area contributed by atoms with E-state index in [-0.39, 0.29) is 17.2 Å². The smallest absolute Gasteiger partial charge is 0.273 e. The minimum Gasteiger partial charge on any atom is -0.382 e. The lowest BCUT2D eigenvalue weighted by Gasteiger charge is -2.32. The van der Waals surface area contributed by atoms with E-state index in [0.29, 0.717) is 49.5 Å². The SMILES string of the molecule is CCOCCCNC(=O)c1cc(NC(=O)c2ccc(C)c([N+](=O)[O-])c2)ccc1N1CCc2ccccc2C1. The molecule has 1 aliphatic rings. The average Bonchev–Trinajstić information content (AvgIpc) is 2.92. The van der Waals surface area contributed by atoms with Crippen LogP contribution in [0.5, 0.6) is 0 Å². The Bertz CT molecular complexity index is 1340. The highest BCUT2D eigenvalue weighted by atomic mass is 16.6. The monoisotopic (exact) mass is 516 g/mol. The minimum atomic E-state index is -0.508. The maximum absolute atomic E-state index is 13.3. The fourth-order valence-corrected chi connectivity index (χ4v) is 4.54. The third-order valence-corrected chi connectivity index (χ3v) is 6.59. The summed E-state index contributed by atoms with van der Waals surface area (Å²) < 4.78 is 5.36. The van der Waals surface area contributed by atoms with Crippen LogP contribution in [0.25, 0.3) is 0 Å². The highest BCUT2D eigenvalue weighted by Crippen LogP contribution is 2.30. The van der Waals surface area contributed by atoms with Crippen LogP contribution in [0.2, 0.25) is 0 Å². The molecule has 0 fully saturated rings. The van der Waals surface area contributed by atoms with Crippen molar-refractivity contribution >= 4 is 28.9 Å². The van der Waals surface area contributed by atoms with Crippen molar-refractivity contribution in [2.24, 2.45) is 0 Å². The van der Waals surface area contributed by atoms with E-state index in [4.69, 9.17) is 4.74 Å². The molecule has 2 amide bonds. The van der Waals surface area contributed by atoms with Crippen molar-refractivity contribution in [2.75, 3.05) is 36.5 Å². The molecule has 2 N–H and O–H groups in total. The molecule has 9 heteroatoms. The minimum absolute atomic E-state index is 0.120. The molecule has 0 bridgehead atoms. The molecule has 198 valence electrons. The molecule has 4 rings (SSSR count). The normalized spacial score (nSPS) is 12.5. The van der Waals surface area contributed by atoms with Crippen molar-refractivity contribution in [3.8, 4) is 0 Å². The van der Waals surface area contributed by atoms with E-state index in [9.17, 15) is 19.7 Å². The molecule has 0 spiro atoms. The summed E-state index contributed by atoms with van der Waals surface area (Å²) in [5, 5.41) is 17.1. The lowest BCUT2D eigenvalue weighted by Crippen LogP contribution is -2.33. The highest BCUT2D eigenvalue weighted by Gasteiger charge is 2.22. The number of ether oxygens (including phenoxy) is 1. The number of fused-ring (bicyclic) bond motifs is 1. The maximum atomic E-state index is 13.3. The molecular formula is C29H32N4O5. The van der Waals surface area contributed by atoms with Crippen LogP contribution in [0.1, 0.15) is 50.8 Å². The lowest BCUT2D eigenvalue weighted by molar-refractivity contribution is -0.385. The summed E-state index contributed by atoms with van der Waals surface area (Å²) in [6.07, 6.45) is 1.56. The van der Waals surface area contributed by atoms with Crippen molar-refractivity contribution in [3.05, 3.63) is 98.6 Å². The molecule has 0 saturated heterocycles. The predicted molar refractivity (Wildman–Crippen MR) is 147 cm³/mol. The molecule has 0 saturated carbocycles. The summed E-state index contributed by atoms with van der Waals surface area (Å²) in [6.45, 7) is 6.64. The third-order valence-electron chi connectivity index (χ3n) is 6.59. The van der Waals surface area contributed by atoms with Gasteiger partial charge < -0.3 is 20.3 Å². The van der Waals surface area contributed by atoms with E-state index < -0.39 is 10.8 Å². The van der Waals surface area contributed by atoms with Crippen LogP contribution < -0.4 is 15.5 Å². The van der Waals surface area contributed by atoms with Crippen LogP contribution in [-0.4, -0.2) is 43.0 Å². The molecule has 0 atom stereocenters. The molecule has 3 aromatic rings. The topological polar surface area (TPSA) is 114 Å². The summed E-state index contributed by atoms with van der Waals surface area (Å²) in [5.41, 5.74) is 4.72. The largest absolute Gasteiger partial charge is 0.382 e. The summed E-state index contributed by atoms with van der Waals surface area (Å²) in [5.74, 6) is -0.728. The number of nitro benzene ring substituents is 1. The van der Waals surface area contributed by atoms with Crippen LogP contribution in [-0.2, 0) is 17.7 Å². The van der Waals surface area contributed by atoms with Crippen molar-refractivity contribution in [1.82, 2.24) is 5.32 Å². The van der Waals surface area contributed by atoms with Crippen LogP contribution >= 0.6 is 0 Å². The first-order valence-corrected chi connectivity index (χ1v) is 12.8. The summed E-state index contributed by atoms with van der Waals surface area (Å²) in [6, 6.07) is 17.9. The average molecular weight is 517 g/mol. The van der Waals surface area contributed by atoms with Gasteiger partial charge in [-0.15, -0.1) is 0 Å². The zero-order chi connectivity index (χ0) is 27.1. The number of anilines is 2. The Labute approximate surface area is 222 Å². The first kappa shape index (κ1) is 26.8. The Hall–Kier alpha value is -4.24. The third kappa shape index (κ3) is 6.36. The van der Waals surface area contributed by atoms with Gasteiger partial charge in [0, 0.05) is 61.4 Å². The van der Waals surface area contributed by atoms with Crippen LogP contribution in [0, 0.1) is 17.0 Å². The second kappa shape index (κ2) is 12.3. The fraction of sp³-hybridized carbons (Fsp3) is 0.310. The number of carbonyl (C=O) groups is 2. The molecular weight excluding hydrogens is 484 g/mol. The highest BCUT2D eigenvalue weighted by molar-refractivity contribution is 6.06. The van der Waals surface area contributed by atoms with Crippen molar-refractivity contribution in [1.29, 1.82) is 0 Å². The first-order valence-electron chi connectivity index (χ1n) is 12.8. The molecule has 9 nitrogen and oxygen atoms in total. The van der Waals surface area contributed by atoms with Gasteiger partial charge in [-0.3, -0.25) is 19.7 Å². The Morgan fingerprint density at radius 1 is 1.05 bits per heavy atom. The zero-order valence-electron chi connectivity index (χ0n) is 21.7. The van der Waals surface area contributed by atoms with Gasteiger partial charge in [-0.25, -0.2) is 0 Å². The number of aryl methyl sites for hydroxylation is 1. The molecule has 1 aliphatic heterocycles. The van der Waals surface area contributed by atoms with Gasteiger partial charge in [-0.1, -0.05) is 30.3 Å². The Balaban J connectivity index is 1.58. The quantitative estimate of drug-likeness (QED) is 0.226. The van der Waals surface area contributed by atoms with Crippen LogP contribution in [0.15, 0.2) is 60.7 Å².